The number of nitrogens with one attached hydrogen (secondary N) is 2. The number of esters is 1. The number of ether oxygens (including phenoxy) is 3. The van der Waals surface area contributed by atoms with Gasteiger partial charge in [-0.1, -0.05) is 25.1 Å². The van der Waals surface area contributed by atoms with Crippen molar-refractivity contribution in [1.82, 2.24) is 0 Å². The van der Waals surface area contributed by atoms with Crippen molar-refractivity contribution in [3.05, 3.63) is 83.9 Å². The predicted octanol–water partition coefficient (Wildman–Crippen LogP) is 4.46. The number of rotatable bonds is 11. The lowest BCUT2D eigenvalue weighted by Crippen LogP contribution is -2.23. The first-order valence-corrected chi connectivity index (χ1v) is 11.3. The van der Waals surface area contributed by atoms with E-state index in [2.05, 4.69) is 10.6 Å². The van der Waals surface area contributed by atoms with E-state index in [9.17, 15) is 14.4 Å². The molecule has 0 aliphatic carbocycles. The molecule has 35 heavy (non-hydrogen) atoms. The van der Waals surface area contributed by atoms with Gasteiger partial charge in [-0.2, -0.15) is 0 Å². The summed E-state index contributed by atoms with van der Waals surface area (Å²) < 4.78 is 15.8. The lowest BCUT2D eigenvalue weighted by Gasteiger charge is -2.10. The predicted molar refractivity (Wildman–Crippen MR) is 133 cm³/mol. The molecule has 0 bridgehead atoms. The molecule has 8 heteroatoms. The standard InChI is InChI=1S/C27H28N2O6/c1-3-19-7-5-6-8-24(19)34-18-26(31)35-17-25(30)28-21-11-9-20(10-12-21)27(32)29-22-13-15-23(16-14-22)33-4-2/h5-16H,3-4,17-18H2,1-2H3,(H,28,30)(H,29,32). The summed E-state index contributed by atoms with van der Waals surface area (Å²) in [5.41, 5.74) is 2.51. The largest absolute Gasteiger partial charge is 0.494 e. The van der Waals surface area contributed by atoms with Crippen molar-refractivity contribution in [2.45, 2.75) is 20.3 Å². The normalized spacial score (nSPS) is 10.2. The van der Waals surface area contributed by atoms with Crippen LogP contribution in [0, 0.1) is 0 Å². The number of anilines is 2. The summed E-state index contributed by atoms with van der Waals surface area (Å²) in [5, 5.41) is 5.42. The number of hydrogen-bond donors (Lipinski definition) is 2. The Morgan fingerprint density at radius 1 is 0.743 bits per heavy atom. The van der Waals surface area contributed by atoms with Crippen molar-refractivity contribution in [3.63, 3.8) is 0 Å². The Labute approximate surface area is 204 Å². The molecular formula is C27H28N2O6. The van der Waals surface area contributed by atoms with Gasteiger partial charge in [-0.3, -0.25) is 9.59 Å². The maximum absolute atomic E-state index is 12.4. The zero-order valence-corrected chi connectivity index (χ0v) is 19.7. The molecule has 0 atom stereocenters. The van der Waals surface area contributed by atoms with E-state index in [4.69, 9.17) is 14.2 Å². The highest BCUT2D eigenvalue weighted by atomic mass is 16.6. The zero-order chi connectivity index (χ0) is 25.0. The molecule has 0 saturated carbocycles. The summed E-state index contributed by atoms with van der Waals surface area (Å²) in [5.74, 6) is -0.0921. The van der Waals surface area contributed by atoms with Gasteiger partial charge in [0.15, 0.2) is 13.2 Å². The number of hydrogen-bond acceptors (Lipinski definition) is 6. The van der Waals surface area contributed by atoms with Crippen molar-refractivity contribution in [3.8, 4) is 11.5 Å². The minimum Gasteiger partial charge on any atom is -0.494 e. The highest BCUT2D eigenvalue weighted by molar-refractivity contribution is 6.04. The molecule has 0 aliphatic rings. The molecule has 0 aromatic heterocycles. The summed E-state index contributed by atoms with van der Waals surface area (Å²) in [4.78, 5) is 36.5. The summed E-state index contributed by atoms with van der Waals surface area (Å²) in [6, 6.07) is 20.9. The van der Waals surface area contributed by atoms with Crippen LogP contribution in [0.4, 0.5) is 11.4 Å². The van der Waals surface area contributed by atoms with E-state index in [1.54, 1.807) is 54.6 Å². The van der Waals surface area contributed by atoms with E-state index < -0.39 is 18.5 Å². The second kappa shape index (κ2) is 12.8. The average molecular weight is 477 g/mol. The number of benzene rings is 3. The van der Waals surface area contributed by atoms with Crippen LogP contribution in [0.5, 0.6) is 11.5 Å². The summed E-state index contributed by atoms with van der Waals surface area (Å²) in [7, 11) is 0. The lowest BCUT2D eigenvalue weighted by molar-refractivity contribution is -0.149. The van der Waals surface area contributed by atoms with Crippen LogP contribution < -0.4 is 20.1 Å². The molecule has 182 valence electrons. The molecule has 0 spiro atoms. The van der Waals surface area contributed by atoms with E-state index >= 15 is 0 Å². The molecule has 8 nitrogen and oxygen atoms in total. The van der Waals surface area contributed by atoms with Crippen LogP contribution >= 0.6 is 0 Å². The Kier molecular flexibility index (Phi) is 9.24. The second-order valence-electron chi connectivity index (χ2n) is 7.45. The highest BCUT2D eigenvalue weighted by Gasteiger charge is 2.11. The molecule has 0 heterocycles. The Morgan fingerprint density at radius 2 is 1.40 bits per heavy atom. The van der Waals surface area contributed by atoms with Gasteiger partial charge in [0.25, 0.3) is 11.8 Å². The van der Waals surface area contributed by atoms with E-state index in [1.165, 1.54) is 0 Å². The maximum atomic E-state index is 12.4. The highest BCUT2D eigenvalue weighted by Crippen LogP contribution is 2.19. The lowest BCUT2D eigenvalue weighted by atomic mass is 10.1. The van der Waals surface area contributed by atoms with Gasteiger partial charge < -0.3 is 24.8 Å². The van der Waals surface area contributed by atoms with Crippen LogP contribution in [0.25, 0.3) is 0 Å². The first-order valence-electron chi connectivity index (χ1n) is 11.3. The fourth-order valence-electron chi connectivity index (χ4n) is 3.17. The monoisotopic (exact) mass is 476 g/mol. The summed E-state index contributed by atoms with van der Waals surface area (Å²) >= 11 is 0. The maximum Gasteiger partial charge on any atom is 0.344 e. The smallest absolute Gasteiger partial charge is 0.344 e. The molecule has 0 aliphatic heterocycles. The quantitative estimate of drug-likeness (QED) is 0.396. The van der Waals surface area contributed by atoms with Crippen molar-refractivity contribution >= 4 is 29.2 Å². The number of carbonyl (C=O) groups excluding carboxylic acids is 3. The minimum atomic E-state index is -0.646. The summed E-state index contributed by atoms with van der Waals surface area (Å²) in [6.45, 7) is 3.73. The molecule has 3 rings (SSSR count). The number of carbonyl (C=O) groups is 3. The van der Waals surface area contributed by atoms with Crippen molar-refractivity contribution in [2.24, 2.45) is 0 Å². The van der Waals surface area contributed by atoms with Gasteiger partial charge in [-0.15, -0.1) is 0 Å². The van der Waals surface area contributed by atoms with Gasteiger partial charge in [0.1, 0.15) is 11.5 Å². The Hall–Kier alpha value is -4.33. The van der Waals surface area contributed by atoms with Crippen LogP contribution in [-0.2, 0) is 20.7 Å². The van der Waals surface area contributed by atoms with E-state index in [0.717, 1.165) is 17.7 Å². The third-order valence-corrected chi connectivity index (χ3v) is 4.92. The number of amides is 2. The third kappa shape index (κ3) is 7.89. The van der Waals surface area contributed by atoms with Gasteiger partial charge in [-0.05, 0) is 73.5 Å². The second-order valence-corrected chi connectivity index (χ2v) is 7.45. The minimum absolute atomic E-state index is 0.286. The molecule has 3 aromatic carbocycles. The topological polar surface area (TPSA) is 103 Å². The molecule has 0 unspecified atom stereocenters. The van der Waals surface area contributed by atoms with Gasteiger partial charge in [0.2, 0.25) is 0 Å². The Bertz CT molecular complexity index is 1140. The summed E-state index contributed by atoms with van der Waals surface area (Å²) in [6.07, 6.45) is 0.773. The average Bonchev–Trinajstić information content (AvgIpc) is 2.88. The molecule has 3 aromatic rings. The fraction of sp³-hybridized carbons (Fsp3) is 0.222. The van der Waals surface area contributed by atoms with Crippen LogP contribution in [-0.4, -0.2) is 37.6 Å². The van der Waals surface area contributed by atoms with Gasteiger partial charge in [-0.25, -0.2) is 4.79 Å². The van der Waals surface area contributed by atoms with E-state index in [-0.39, 0.29) is 12.5 Å². The first kappa shape index (κ1) is 25.3. The molecular weight excluding hydrogens is 448 g/mol. The van der Waals surface area contributed by atoms with Gasteiger partial charge in [0.05, 0.1) is 6.61 Å². The van der Waals surface area contributed by atoms with Crippen LogP contribution in [0.3, 0.4) is 0 Å². The van der Waals surface area contributed by atoms with Crippen molar-refractivity contribution in [2.75, 3.05) is 30.5 Å². The van der Waals surface area contributed by atoms with Crippen LogP contribution in [0.15, 0.2) is 72.8 Å². The SMILES string of the molecule is CCOc1ccc(NC(=O)c2ccc(NC(=O)COC(=O)COc3ccccc3CC)cc2)cc1. The van der Waals surface area contributed by atoms with Gasteiger partial charge in [0, 0.05) is 16.9 Å². The van der Waals surface area contributed by atoms with Crippen molar-refractivity contribution < 1.29 is 28.6 Å². The molecule has 0 saturated heterocycles. The van der Waals surface area contributed by atoms with E-state index in [1.807, 2.05) is 32.0 Å². The molecule has 0 radical (unpaired) electrons. The number of aryl methyl sites for hydroxylation is 1. The van der Waals surface area contributed by atoms with Crippen LogP contribution in [0.1, 0.15) is 29.8 Å². The first-order chi connectivity index (χ1) is 17.0. The number of para-hydroxylation sites is 1. The van der Waals surface area contributed by atoms with E-state index in [0.29, 0.717) is 29.3 Å². The molecule has 2 N–H and O–H groups in total. The van der Waals surface area contributed by atoms with Gasteiger partial charge >= 0.3 is 5.97 Å². The molecule has 0 fully saturated rings. The molecule has 2 amide bonds. The van der Waals surface area contributed by atoms with Crippen molar-refractivity contribution in [1.29, 1.82) is 0 Å². The Balaban J connectivity index is 1.42. The fourth-order valence-corrected chi connectivity index (χ4v) is 3.17. The Morgan fingerprint density at radius 3 is 2.09 bits per heavy atom. The zero-order valence-electron chi connectivity index (χ0n) is 19.7. The third-order valence-electron chi connectivity index (χ3n) is 4.92. The van der Waals surface area contributed by atoms with Crippen LogP contribution in [0.2, 0.25) is 0 Å².